The number of carbonyl (C=O) groups is 1. The highest BCUT2D eigenvalue weighted by atomic mass is 35.5. The molecule has 4 nitrogen and oxygen atoms in total. The van der Waals surface area contributed by atoms with Gasteiger partial charge in [-0.25, -0.2) is 0 Å². The van der Waals surface area contributed by atoms with Gasteiger partial charge in [-0.15, -0.1) is 0 Å². The van der Waals surface area contributed by atoms with Crippen LogP contribution in [0.3, 0.4) is 0 Å². The van der Waals surface area contributed by atoms with E-state index in [2.05, 4.69) is 5.32 Å². The van der Waals surface area contributed by atoms with E-state index < -0.39 is 12.0 Å². The lowest BCUT2D eigenvalue weighted by molar-refractivity contribution is -0.123. The molecule has 108 valence electrons. The molecule has 0 aromatic heterocycles. The first-order chi connectivity index (χ1) is 10.1. The fraction of sp³-hybridized carbons (Fsp3) is 0.188. The second-order valence-corrected chi connectivity index (χ2v) is 5.53. The average Bonchev–Trinajstić information content (AvgIpc) is 2.74. The number of anilines is 2. The monoisotopic (exact) mass is 302 g/mol. The summed E-state index contributed by atoms with van der Waals surface area (Å²) in [5.74, 6) is -0.413. The van der Waals surface area contributed by atoms with Crippen LogP contribution in [-0.2, 0) is 11.3 Å². The van der Waals surface area contributed by atoms with Crippen molar-refractivity contribution in [3.63, 3.8) is 0 Å². The van der Waals surface area contributed by atoms with Crippen LogP contribution in [0.1, 0.15) is 17.2 Å². The van der Waals surface area contributed by atoms with Gasteiger partial charge < -0.3 is 15.3 Å². The molecule has 3 rings (SSSR count). The van der Waals surface area contributed by atoms with Crippen molar-refractivity contribution in [3.05, 3.63) is 58.6 Å². The van der Waals surface area contributed by atoms with Gasteiger partial charge >= 0.3 is 0 Å². The number of rotatable bonds is 3. The summed E-state index contributed by atoms with van der Waals surface area (Å²) in [7, 11) is 1.94. The SMILES string of the molecule is CN(Cc1ccccc1)c1cc2c(cc1Cl)C(O)C(=O)N2. The highest BCUT2D eigenvalue weighted by Gasteiger charge is 2.29. The summed E-state index contributed by atoms with van der Waals surface area (Å²) in [6, 6.07) is 13.5. The molecule has 2 aromatic rings. The zero-order valence-corrected chi connectivity index (χ0v) is 12.3. The van der Waals surface area contributed by atoms with Crippen LogP contribution in [0.5, 0.6) is 0 Å². The Morgan fingerprint density at radius 1 is 1.29 bits per heavy atom. The maximum Gasteiger partial charge on any atom is 0.257 e. The fourth-order valence-corrected chi connectivity index (χ4v) is 2.81. The Bertz CT molecular complexity index is 688. The number of hydrogen-bond donors (Lipinski definition) is 2. The summed E-state index contributed by atoms with van der Waals surface area (Å²) in [6.07, 6.45) is -1.13. The van der Waals surface area contributed by atoms with Crippen molar-refractivity contribution in [1.82, 2.24) is 0 Å². The minimum absolute atomic E-state index is 0.413. The van der Waals surface area contributed by atoms with Crippen LogP contribution in [0.15, 0.2) is 42.5 Å². The van der Waals surface area contributed by atoms with Crippen molar-refractivity contribution in [2.75, 3.05) is 17.3 Å². The first-order valence-corrected chi connectivity index (χ1v) is 7.01. The van der Waals surface area contributed by atoms with E-state index in [0.717, 1.165) is 5.69 Å². The Morgan fingerprint density at radius 3 is 2.71 bits per heavy atom. The Hall–Kier alpha value is -2.04. The zero-order chi connectivity index (χ0) is 15.0. The van der Waals surface area contributed by atoms with E-state index >= 15 is 0 Å². The molecule has 1 unspecified atom stereocenters. The van der Waals surface area contributed by atoms with Crippen LogP contribution >= 0.6 is 11.6 Å². The van der Waals surface area contributed by atoms with Gasteiger partial charge in [0.1, 0.15) is 0 Å². The van der Waals surface area contributed by atoms with E-state index in [1.807, 2.05) is 42.3 Å². The standard InChI is InChI=1S/C16H15ClN2O2/c1-19(9-10-5-3-2-4-6-10)14-8-13-11(7-12(14)17)15(20)16(21)18-13/h2-8,15,20H,9H2,1H3,(H,18,21). The molecule has 0 radical (unpaired) electrons. The molecule has 1 aliphatic rings. The minimum Gasteiger partial charge on any atom is -0.378 e. The van der Waals surface area contributed by atoms with Gasteiger partial charge in [0.2, 0.25) is 0 Å². The summed E-state index contributed by atoms with van der Waals surface area (Å²) in [6.45, 7) is 0.704. The van der Waals surface area contributed by atoms with Crippen molar-refractivity contribution in [1.29, 1.82) is 0 Å². The van der Waals surface area contributed by atoms with Gasteiger partial charge in [0.25, 0.3) is 5.91 Å². The molecule has 21 heavy (non-hydrogen) atoms. The van der Waals surface area contributed by atoms with E-state index in [0.29, 0.717) is 22.8 Å². The predicted molar refractivity (Wildman–Crippen MR) is 83.6 cm³/mol. The van der Waals surface area contributed by atoms with Gasteiger partial charge in [0.15, 0.2) is 6.10 Å². The Labute approximate surface area is 128 Å². The molecule has 1 heterocycles. The van der Waals surface area contributed by atoms with Crippen LogP contribution in [0, 0.1) is 0 Å². The van der Waals surface area contributed by atoms with Crippen molar-refractivity contribution >= 4 is 28.9 Å². The Balaban J connectivity index is 1.90. The van der Waals surface area contributed by atoms with E-state index in [-0.39, 0.29) is 0 Å². The predicted octanol–water partition coefficient (Wildman–Crippen LogP) is 2.96. The minimum atomic E-state index is -1.13. The molecule has 2 N–H and O–H groups in total. The van der Waals surface area contributed by atoms with Gasteiger partial charge in [-0.3, -0.25) is 4.79 Å². The maximum atomic E-state index is 11.5. The third-order valence-electron chi connectivity index (χ3n) is 3.59. The van der Waals surface area contributed by atoms with Crippen LogP contribution < -0.4 is 10.2 Å². The summed E-state index contributed by atoms with van der Waals surface area (Å²) in [5, 5.41) is 12.9. The smallest absolute Gasteiger partial charge is 0.257 e. The number of halogens is 1. The molecule has 2 aromatic carbocycles. The number of fused-ring (bicyclic) bond motifs is 1. The van der Waals surface area contributed by atoms with Crippen LogP contribution in [-0.4, -0.2) is 18.1 Å². The van der Waals surface area contributed by atoms with Gasteiger partial charge in [0.05, 0.1) is 10.7 Å². The zero-order valence-electron chi connectivity index (χ0n) is 11.5. The highest BCUT2D eigenvalue weighted by molar-refractivity contribution is 6.33. The number of amides is 1. The van der Waals surface area contributed by atoms with Gasteiger partial charge in [-0.2, -0.15) is 0 Å². The molecule has 1 amide bonds. The molecule has 0 aliphatic carbocycles. The molecule has 0 saturated heterocycles. The lowest BCUT2D eigenvalue weighted by atomic mass is 10.1. The van der Waals surface area contributed by atoms with Gasteiger partial charge in [-0.1, -0.05) is 41.9 Å². The third-order valence-corrected chi connectivity index (χ3v) is 3.90. The quantitative estimate of drug-likeness (QED) is 0.916. The molecule has 0 fully saturated rings. The largest absolute Gasteiger partial charge is 0.378 e. The van der Waals surface area contributed by atoms with Crippen molar-refractivity contribution in [2.45, 2.75) is 12.6 Å². The molecular formula is C16H15ClN2O2. The van der Waals surface area contributed by atoms with E-state index in [1.165, 1.54) is 5.56 Å². The molecule has 5 heteroatoms. The average molecular weight is 303 g/mol. The molecule has 1 atom stereocenters. The van der Waals surface area contributed by atoms with Crippen LogP contribution in [0.25, 0.3) is 0 Å². The lowest BCUT2D eigenvalue weighted by Crippen LogP contribution is -2.17. The maximum absolute atomic E-state index is 11.5. The summed E-state index contributed by atoms with van der Waals surface area (Å²) in [5.41, 5.74) is 3.13. The summed E-state index contributed by atoms with van der Waals surface area (Å²) in [4.78, 5) is 13.5. The number of benzene rings is 2. The first-order valence-electron chi connectivity index (χ1n) is 6.63. The normalized spacial score (nSPS) is 16.5. The van der Waals surface area contributed by atoms with Crippen molar-refractivity contribution < 1.29 is 9.90 Å². The lowest BCUT2D eigenvalue weighted by Gasteiger charge is -2.21. The second kappa shape index (κ2) is 5.39. The van der Waals surface area contributed by atoms with Crippen molar-refractivity contribution in [3.8, 4) is 0 Å². The molecule has 0 bridgehead atoms. The van der Waals surface area contributed by atoms with E-state index in [1.54, 1.807) is 12.1 Å². The Kier molecular flexibility index (Phi) is 3.57. The molecule has 0 spiro atoms. The first kappa shape index (κ1) is 13.9. The number of aliphatic hydroxyl groups is 1. The van der Waals surface area contributed by atoms with E-state index in [9.17, 15) is 9.90 Å². The van der Waals surface area contributed by atoms with Crippen LogP contribution in [0.2, 0.25) is 5.02 Å². The highest BCUT2D eigenvalue weighted by Crippen LogP contribution is 2.38. The second-order valence-electron chi connectivity index (χ2n) is 5.12. The number of aliphatic hydroxyl groups excluding tert-OH is 1. The van der Waals surface area contributed by atoms with E-state index in [4.69, 9.17) is 11.6 Å². The van der Waals surface area contributed by atoms with Crippen LogP contribution in [0.4, 0.5) is 11.4 Å². The third kappa shape index (κ3) is 2.60. The number of hydrogen-bond acceptors (Lipinski definition) is 3. The Morgan fingerprint density at radius 2 is 2.00 bits per heavy atom. The topological polar surface area (TPSA) is 52.6 Å². The number of carbonyl (C=O) groups excluding carboxylic acids is 1. The molecule has 0 saturated carbocycles. The van der Waals surface area contributed by atoms with Crippen molar-refractivity contribution in [2.24, 2.45) is 0 Å². The van der Waals surface area contributed by atoms with Gasteiger partial charge in [0, 0.05) is 24.8 Å². The summed E-state index contributed by atoms with van der Waals surface area (Å²) < 4.78 is 0. The fourth-order valence-electron chi connectivity index (χ4n) is 2.49. The molecular weight excluding hydrogens is 288 g/mol. The summed E-state index contributed by atoms with van der Waals surface area (Å²) >= 11 is 6.29. The molecule has 1 aliphatic heterocycles. The number of nitrogens with zero attached hydrogens (tertiary/aromatic N) is 1. The van der Waals surface area contributed by atoms with Gasteiger partial charge in [-0.05, 0) is 17.7 Å². The number of nitrogens with one attached hydrogen (secondary N) is 1.